The van der Waals surface area contributed by atoms with Gasteiger partial charge in [0.1, 0.15) is 5.69 Å². The van der Waals surface area contributed by atoms with E-state index in [1.54, 1.807) is 6.07 Å². The number of carbonyl (C=O) groups is 1. The van der Waals surface area contributed by atoms with E-state index in [-0.39, 0.29) is 17.8 Å². The molecule has 1 saturated heterocycles. The lowest BCUT2D eigenvalue weighted by Crippen LogP contribution is -2.36. The van der Waals surface area contributed by atoms with Crippen LogP contribution >= 0.6 is 0 Å². The molecule has 1 aromatic rings. The Hall–Kier alpha value is -1.69. The summed E-state index contributed by atoms with van der Waals surface area (Å²) in [4.78, 5) is 25.6. The zero-order valence-corrected chi connectivity index (χ0v) is 10.7. The van der Waals surface area contributed by atoms with Gasteiger partial charge in [-0.2, -0.15) is 0 Å². The summed E-state index contributed by atoms with van der Waals surface area (Å²) in [6.45, 7) is 5.16. The SMILES string of the molecule is CC(C)c1cc(C(=O)N2CCCCO2)nc(N)n1. The third-order valence-corrected chi connectivity index (χ3v) is 2.80. The van der Waals surface area contributed by atoms with E-state index >= 15 is 0 Å². The van der Waals surface area contributed by atoms with Crippen molar-refractivity contribution in [3.8, 4) is 0 Å². The second-order valence-electron chi connectivity index (χ2n) is 4.64. The predicted molar refractivity (Wildman–Crippen MR) is 66.8 cm³/mol. The fourth-order valence-corrected chi connectivity index (χ4v) is 1.78. The molecule has 98 valence electrons. The Morgan fingerprint density at radius 3 is 2.83 bits per heavy atom. The molecule has 0 saturated carbocycles. The molecule has 6 heteroatoms. The average Bonchev–Trinajstić information content (AvgIpc) is 2.38. The third-order valence-electron chi connectivity index (χ3n) is 2.80. The number of hydrogen-bond donors (Lipinski definition) is 1. The number of rotatable bonds is 2. The average molecular weight is 250 g/mol. The maximum absolute atomic E-state index is 12.2. The molecule has 6 nitrogen and oxygen atoms in total. The number of hydroxylamine groups is 2. The minimum absolute atomic E-state index is 0.126. The molecular formula is C12H18N4O2. The van der Waals surface area contributed by atoms with Crippen molar-refractivity contribution >= 4 is 11.9 Å². The van der Waals surface area contributed by atoms with Gasteiger partial charge in [0, 0.05) is 12.2 Å². The van der Waals surface area contributed by atoms with Crippen LogP contribution in [-0.2, 0) is 4.84 Å². The van der Waals surface area contributed by atoms with Crippen molar-refractivity contribution in [1.29, 1.82) is 0 Å². The first-order valence-corrected chi connectivity index (χ1v) is 6.17. The number of anilines is 1. The van der Waals surface area contributed by atoms with E-state index in [1.807, 2.05) is 13.8 Å². The molecule has 2 N–H and O–H groups in total. The van der Waals surface area contributed by atoms with Crippen LogP contribution in [0.1, 0.15) is 48.8 Å². The van der Waals surface area contributed by atoms with Crippen LogP contribution < -0.4 is 5.73 Å². The first-order valence-electron chi connectivity index (χ1n) is 6.17. The molecule has 0 aliphatic carbocycles. The van der Waals surface area contributed by atoms with Crippen molar-refractivity contribution in [1.82, 2.24) is 15.0 Å². The fraction of sp³-hybridized carbons (Fsp3) is 0.583. The summed E-state index contributed by atoms with van der Waals surface area (Å²) < 4.78 is 0. The van der Waals surface area contributed by atoms with E-state index < -0.39 is 0 Å². The van der Waals surface area contributed by atoms with Gasteiger partial charge in [-0.3, -0.25) is 9.63 Å². The van der Waals surface area contributed by atoms with Crippen LogP contribution in [0.15, 0.2) is 6.07 Å². The summed E-state index contributed by atoms with van der Waals surface area (Å²) in [5.74, 6) is 0.0800. The first kappa shape index (κ1) is 12.8. The highest BCUT2D eigenvalue weighted by Crippen LogP contribution is 2.16. The molecule has 1 fully saturated rings. The van der Waals surface area contributed by atoms with Crippen molar-refractivity contribution in [2.45, 2.75) is 32.6 Å². The smallest absolute Gasteiger partial charge is 0.296 e. The van der Waals surface area contributed by atoms with Gasteiger partial charge in [0.2, 0.25) is 5.95 Å². The molecule has 0 radical (unpaired) electrons. The highest BCUT2D eigenvalue weighted by atomic mass is 16.7. The molecule has 0 atom stereocenters. The van der Waals surface area contributed by atoms with Crippen LogP contribution in [0.2, 0.25) is 0 Å². The molecule has 1 amide bonds. The molecule has 1 aromatic heterocycles. The topological polar surface area (TPSA) is 81.3 Å². The van der Waals surface area contributed by atoms with Crippen molar-refractivity contribution in [3.05, 3.63) is 17.5 Å². The number of carbonyl (C=O) groups excluding carboxylic acids is 1. The van der Waals surface area contributed by atoms with Gasteiger partial charge in [0.25, 0.3) is 5.91 Å². The lowest BCUT2D eigenvalue weighted by molar-refractivity contribution is -0.144. The predicted octanol–water partition coefficient (Wildman–Crippen LogP) is 1.35. The Labute approximate surface area is 106 Å². The minimum Gasteiger partial charge on any atom is -0.368 e. The van der Waals surface area contributed by atoms with Gasteiger partial charge in [-0.15, -0.1) is 0 Å². The second-order valence-corrected chi connectivity index (χ2v) is 4.64. The van der Waals surface area contributed by atoms with Crippen LogP contribution in [0.3, 0.4) is 0 Å². The van der Waals surface area contributed by atoms with Crippen LogP contribution in [0.5, 0.6) is 0 Å². The van der Waals surface area contributed by atoms with E-state index in [1.165, 1.54) is 5.06 Å². The highest BCUT2D eigenvalue weighted by Gasteiger charge is 2.22. The number of nitrogens with zero attached hydrogens (tertiary/aromatic N) is 3. The standard InChI is InChI=1S/C12H18N4O2/c1-8(2)9-7-10(15-12(13)14-9)11(17)16-5-3-4-6-18-16/h7-8H,3-6H2,1-2H3,(H2,13,14,15). The minimum atomic E-state index is -0.245. The molecule has 1 aliphatic heterocycles. The van der Waals surface area contributed by atoms with Crippen LogP contribution in [-0.4, -0.2) is 34.1 Å². The molecule has 2 heterocycles. The summed E-state index contributed by atoms with van der Waals surface area (Å²) in [6, 6.07) is 1.68. The Kier molecular flexibility index (Phi) is 3.76. The zero-order chi connectivity index (χ0) is 13.1. The molecule has 2 rings (SSSR count). The maximum atomic E-state index is 12.2. The Bertz CT molecular complexity index is 442. The van der Waals surface area contributed by atoms with E-state index in [0.29, 0.717) is 18.8 Å². The Balaban J connectivity index is 2.23. The number of nitrogens with two attached hydrogens (primary N) is 1. The van der Waals surface area contributed by atoms with Gasteiger partial charge in [-0.25, -0.2) is 15.0 Å². The largest absolute Gasteiger partial charge is 0.368 e. The van der Waals surface area contributed by atoms with E-state index in [0.717, 1.165) is 18.5 Å². The number of amides is 1. The Morgan fingerprint density at radius 1 is 1.44 bits per heavy atom. The van der Waals surface area contributed by atoms with Gasteiger partial charge >= 0.3 is 0 Å². The molecule has 0 aromatic carbocycles. The van der Waals surface area contributed by atoms with Crippen molar-refractivity contribution in [2.24, 2.45) is 0 Å². The van der Waals surface area contributed by atoms with Gasteiger partial charge in [0.05, 0.1) is 6.61 Å². The van der Waals surface area contributed by atoms with Gasteiger partial charge < -0.3 is 5.73 Å². The van der Waals surface area contributed by atoms with Crippen molar-refractivity contribution < 1.29 is 9.63 Å². The van der Waals surface area contributed by atoms with Crippen molar-refractivity contribution in [3.63, 3.8) is 0 Å². The van der Waals surface area contributed by atoms with Gasteiger partial charge in [-0.1, -0.05) is 13.8 Å². The number of hydrogen-bond acceptors (Lipinski definition) is 5. The summed E-state index contributed by atoms with van der Waals surface area (Å²) in [5, 5.41) is 1.36. The fourth-order valence-electron chi connectivity index (χ4n) is 1.78. The normalized spacial score (nSPS) is 16.1. The lowest BCUT2D eigenvalue weighted by atomic mass is 10.1. The Morgan fingerprint density at radius 2 is 2.22 bits per heavy atom. The maximum Gasteiger partial charge on any atom is 0.296 e. The number of aromatic nitrogens is 2. The molecular weight excluding hydrogens is 232 g/mol. The molecule has 1 aliphatic rings. The van der Waals surface area contributed by atoms with Crippen LogP contribution in [0, 0.1) is 0 Å². The summed E-state index contributed by atoms with van der Waals surface area (Å²) in [5.41, 5.74) is 6.70. The third kappa shape index (κ3) is 2.76. The zero-order valence-electron chi connectivity index (χ0n) is 10.7. The van der Waals surface area contributed by atoms with E-state index in [2.05, 4.69) is 9.97 Å². The van der Waals surface area contributed by atoms with Gasteiger partial charge in [0.15, 0.2) is 0 Å². The lowest BCUT2D eigenvalue weighted by Gasteiger charge is -2.25. The summed E-state index contributed by atoms with van der Waals surface area (Å²) >= 11 is 0. The highest BCUT2D eigenvalue weighted by molar-refractivity contribution is 5.92. The molecule has 0 spiro atoms. The summed E-state index contributed by atoms with van der Waals surface area (Å²) in [6.07, 6.45) is 1.93. The molecule has 0 bridgehead atoms. The number of nitrogen functional groups attached to an aromatic ring is 1. The van der Waals surface area contributed by atoms with Crippen molar-refractivity contribution in [2.75, 3.05) is 18.9 Å². The van der Waals surface area contributed by atoms with Crippen LogP contribution in [0.25, 0.3) is 0 Å². The second kappa shape index (κ2) is 5.30. The quantitative estimate of drug-likeness (QED) is 0.856. The van der Waals surface area contributed by atoms with E-state index in [9.17, 15) is 4.79 Å². The molecule has 18 heavy (non-hydrogen) atoms. The van der Waals surface area contributed by atoms with Gasteiger partial charge in [-0.05, 0) is 24.8 Å². The van der Waals surface area contributed by atoms with E-state index in [4.69, 9.17) is 10.6 Å². The monoisotopic (exact) mass is 250 g/mol. The van der Waals surface area contributed by atoms with Crippen LogP contribution in [0.4, 0.5) is 5.95 Å². The summed E-state index contributed by atoms with van der Waals surface area (Å²) in [7, 11) is 0. The molecule has 0 unspecified atom stereocenters. The first-order chi connectivity index (χ1) is 8.58.